The summed E-state index contributed by atoms with van der Waals surface area (Å²) in [5.74, 6) is -0.453. The Morgan fingerprint density at radius 1 is 1.08 bits per heavy atom. The number of carbonyl (C=O) groups is 2. The Hall–Kier alpha value is -4.18. The first-order chi connectivity index (χ1) is 18.8. The standard InChI is InChI=1S/C29H26FN5O3S/c1-29(2,28(37)33-24-16-31-34-39-24)25-19-7-3-4-8-23(19)38-26-20(25)11-12-22(32-26)17-9-10-18(21(30)15-17)27(36)35-13-5-6-14-35/h3-4,7-12,15-16,25H,5-6,13-14H2,1-2H3,(H,33,37)/t25-/m0/s1. The Morgan fingerprint density at radius 3 is 2.62 bits per heavy atom. The van der Waals surface area contributed by atoms with Gasteiger partial charge in [-0.1, -0.05) is 48.7 Å². The van der Waals surface area contributed by atoms with E-state index in [0.717, 1.165) is 35.5 Å². The van der Waals surface area contributed by atoms with Crippen LogP contribution in [0.15, 0.2) is 60.8 Å². The maximum atomic E-state index is 15.1. The fourth-order valence-electron chi connectivity index (χ4n) is 5.34. The van der Waals surface area contributed by atoms with Crippen LogP contribution >= 0.6 is 11.5 Å². The molecule has 2 aliphatic rings. The molecule has 0 saturated carbocycles. The van der Waals surface area contributed by atoms with Gasteiger partial charge in [-0.2, -0.15) is 0 Å². The molecule has 0 unspecified atom stereocenters. The normalized spacial score (nSPS) is 16.3. The third-order valence-corrected chi connectivity index (χ3v) is 8.01. The number of rotatable bonds is 5. The second kappa shape index (κ2) is 9.85. The van der Waals surface area contributed by atoms with Gasteiger partial charge in [-0.05, 0) is 37.1 Å². The van der Waals surface area contributed by atoms with Gasteiger partial charge in [0.2, 0.25) is 11.8 Å². The molecule has 0 spiro atoms. The van der Waals surface area contributed by atoms with Gasteiger partial charge in [-0.3, -0.25) is 9.59 Å². The number of nitrogens with zero attached hydrogens (tertiary/aromatic N) is 4. The molecule has 2 aliphatic heterocycles. The lowest BCUT2D eigenvalue weighted by molar-refractivity contribution is -0.124. The molecule has 198 valence electrons. The van der Waals surface area contributed by atoms with Crippen molar-refractivity contribution in [3.05, 3.63) is 83.3 Å². The van der Waals surface area contributed by atoms with E-state index in [9.17, 15) is 9.59 Å². The molecule has 1 fully saturated rings. The average Bonchev–Trinajstić information content (AvgIpc) is 3.66. The van der Waals surface area contributed by atoms with E-state index in [4.69, 9.17) is 9.72 Å². The van der Waals surface area contributed by atoms with Crippen LogP contribution in [0.25, 0.3) is 11.3 Å². The Morgan fingerprint density at radius 2 is 1.87 bits per heavy atom. The summed E-state index contributed by atoms with van der Waals surface area (Å²) in [6.07, 6.45) is 3.40. The van der Waals surface area contributed by atoms with Crippen LogP contribution in [0.3, 0.4) is 0 Å². The van der Waals surface area contributed by atoms with E-state index in [-0.39, 0.29) is 23.3 Å². The van der Waals surface area contributed by atoms with Crippen molar-refractivity contribution >= 4 is 28.3 Å². The lowest BCUT2D eigenvalue weighted by Crippen LogP contribution is -2.38. The molecule has 0 aliphatic carbocycles. The van der Waals surface area contributed by atoms with Crippen LogP contribution in [0, 0.1) is 11.2 Å². The summed E-state index contributed by atoms with van der Waals surface area (Å²) in [5.41, 5.74) is 1.82. The zero-order valence-corrected chi connectivity index (χ0v) is 22.3. The van der Waals surface area contributed by atoms with Crippen LogP contribution in [0.4, 0.5) is 9.39 Å². The Balaban J connectivity index is 1.35. The maximum absolute atomic E-state index is 15.1. The summed E-state index contributed by atoms with van der Waals surface area (Å²) >= 11 is 1.11. The van der Waals surface area contributed by atoms with Crippen molar-refractivity contribution in [2.75, 3.05) is 18.4 Å². The Labute approximate surface area is 229 Å². The molecule has 2 aromatic heterocycles. The molecule has 4 heterocycles. The molecule has 0 bridgehead atoms. The van der Waals surface area contributed by atoms with Crippen molar-refractivity contribution in [2.45, 2.75) is 32.6 Å². The van der Waals surface area contributed by atoms with Crippen molar-refractivity contribution < 1.29 is 18.7 Å². The van der Waals surface area contributed by atoms with Crippen LogP contribution < -0.4 is 10.1 Å². The van der Waals surface area contributed by atoms with Gasteiger partial charge >= 0.3 is 0 Å². The molecule has 2 aromatic carbocycles. The molecular formula is C29H26FN5O3S. The molecule has 1 saturated heterocycles. The number of pyridine rings is 1. The topological polar surface area (TPSA) is 97.3 Å². The number of aromatic nitrogens is 3. The number of hydrogen-bond donors (Lipinski definition) is 1. The number of hydrogen-bond acceptors (Lipinski definition) is 7. The lowest BCUT2D eigenvalue weighted by Gasteiger charge is -2.37. The van der Waals surface area contributed by atoms with Crippen molar-refractivity contribution in [1.29, 1.82) is 0 Å². The quantitative estimate of drug-likeness (QED) is 0.338. The average molecular weight is 544 g/mol. The van der Waals surface area contributed by atoms with Crippen molar-refractivity contribution in [3.8, 4) is 22.9 Å². The van der Waals surface area contributed by atoms with Gasteiger partial charge < -0.3 is 15.0 Å². The predicted octanol–water partition coefficient (Wildman–Crippen LogP) is 5.88. The number of benzene rings is 2. The summed E-state index contributed by atoms with van der Waals surface area (Å²) in [6.45, 7) is 5.07. The number of fused-ring (bicyclic) bond motifs is 2. The number of anilines is 1. The van der Waals surface area contributed by atoms with Gasteiger partial charge in [0.25, 0.3) is 5.91 Å². The zero-order chi connectivity index (χ0) is 27.1. The van der Waals surface area contributed by atoms with E-state index in [1.807, 2.05) is 44.2 Å². The molecule has 6 rings (SSSR count). The van der Waals surface area contributed by atoms with Gasteiger partial charge in [-0.25, -0.2) is 9.37 Å². The van der Waals surface area contributed by atoms with Gasteiger partial charge in [0.05, 0.1) is 22.9 Å². The zero-order valence-electron chi connectivity index (χ0n) is 21.5. The Kier molecular flexibility index (Phi) is 6.34. The summed E-state index contributed by atoms with van der Waals surface area (Å²) in [6, 6.07) is 15.8. The van der Waals surface area contributed by atoms with E-state index in [1.54, 1.807) is 17.0 Å². The first-order valence-corrected chi connectivity index (χ1v) is 13.6. The third kappa shape index (κ3) is 4.54. The van der Waals surface area contributed by atoms with Gasteiger partial charge in [0, 0.05) is 47.2 Å². The highest BCUT2D eigenvalue weighted by Crippen LogP contribution is 2.52. The fourth-order valence-corrected chi connectivity index (χ4v) is 5.75. The molecule has 8 nitrogen and oxygen atoms in total. The third-order valence-electron chi connectivity index (χ3n) is 7.43. The van der Waals surface area contributed by atoms with Crippen LogP contribution in [0.5, 0.6) is 11.6 Å². The molecule has 2 amide bonds. The van der Waals surface area contributed by atoms with E-state index < -0.39 is 11.2 Å². The van der Waals surface area contributed by atoms with Crippen molar-refractivity contribution in [2.24, 2.45) is 5.41 Å². The first-order valence-electron chi connectivity index (χ1n) is 12.8. The minimum Gasteiger partial charge on any atom is -0.438 e. The summed E-state index contributed by atoms with van der Waals surface area (Å²) in [4.78, 5) is 32.6. The summed E-state index contributed by atoms with van der Waals surface area (Å²) in [7, 11) is 0. The van der Waals surface area contributed by atoms with Crippen LogP contribution in [0.1, 0.15) is 54.1 Å². The molecule has 1 N–H and O–H groups in total. The fraction of sp³-hybridized carbons (Fsp3) is 0.276. The monoisotopic (exact) mass is 543 g/mol. The minimum atomic E-state index is -0.897. The highest BCUT2D eigenvalue weighted by atomic mass is 32.1. The molecule has 0 radical (unpaired) electrons. The highest BCUT2D eigenvalue weighted by Gasteiger charge is 2.44. The van der Waals surface area contributed by atoms with Crippen LogP contribution in [-0.2, 0) is 4.79 Å². The van der Waals surface area contributed by atoms with Gasteiger partial charge in [0.1, 0.15) is 16.6 Å². The largest absolute Gasteiger partial charge is 0.438 e. The smallest absolute Gasteiger partial charge is 0.256 e. The SMILES string of the molecule is CC(C)(C(=O)Nc1cnns1)[C@H]1c2ccccc2Oc2nc(-c3ccc(C(=O)N4CCCC4)c(F)c3)ccc21. The van der Waals surface area contributed by atoms with E-state index in [0.29, 0.717) is 41.0 Å². The predicted molar refractivity (Wildman–Crippen MR) is 145 cm³/mol. The minimum absolute atomic E-state index is 0.0627. The molecule has 10 heteroatoms. The van der Waals surface area contributed by atoms with Gasteiger partial charge in [0.15, 0.2) is 0 Å². The van der Waals surface area contributed by atoms with E-state index in [1.165, 1.54) is 18.3 Å². The number of carbonyl (C=O) groups excluding carboxylic acids is 2. The van der Waals surface area contributed by atoms with Crippen molar-refractivity contribution in [1.82, 2.24) is 19.5 Å². The number of amides is 2. The van der Waals surface area contributed by atoms with E-state index >= 15 is 4.39 Å². The molecule has 4 aromatic rings. The summed E-state index contributed by atoms with van der Waals surface area (Å²) in [5, 5.41) is 7.28. The van der Waals surface area contributed by atoms with Crippen LogP contribution in [0.2, 0.25) is 0 Å². The van der Waals surface area contributed by atoms with Gasteiger partial charge in [-0.15, -0.1) is 5.10 Å². The lowest BCUT2D eigenvalue weighted by atomic mass is 9.69. The number of ether oxygens (including phenoxy) is 1. The van der Waals surface area contributed by atoms with Crippen LogP contribution in [-0.4, -0.2) is 44.4 Å². The number of nitrogens with one attached hydrogen (secondary N) is 1. The first kappa shape index (κ1) is 25.1. The summed E-state index contributed by atoms with van der Waals surface area (Å²) < 4.78 is 25.1. The molecule has 39 heavy (non-hydrogen) atoms. The Bertz CT molecular complexity index is 1570. The van der Waals surface area contributed by atoms with E-state index in [2.05, 4.69) is 14.9 Å². The molecule has 1 atom stereocenters. The number of likely N-dealkylation sites (tertiary alicyclic amines) is 1. The highest BCUT2D eigenvalue weighted by molar-refractivity contribution is 7.10. The van der Waals surface area contributed by atoms with Crippen molar-refractivity contribution in [3.63, 3.8) is 0 Å². The maximum Gasteiger partial charge on any atom is 0.256 e. The second-order valence-electron chi connectivity index (χ2n) is 10.3. The number of halogens is 1. The number of para-hydroxylation sites is 1. The second-order valence-corrected chi connectivity index (χ2v) is 11.1. The molecular weight excluding hydrogens is 517 g/mol.